The zero-order valence-corrected chi connectivity index (χ0v) is 11.9. The molecular weight excluding hydrogens is 242 g/mol. The van der Waals surface area contributed by atoms with Crippen molar-refractivity contribution in [3.05, 3.63) is 29.8 Å². The third-order valence-corrected chi connectivity index (χ3v) is 3.01. The molecule has 0 saturated heterocycles. The topological polar surface area (TPSA) is 47.6 Å². The molecule has 0 bridgehead atoms. The van der Waals surface area contributed by atoms with Gasteiger partial charge in [0.25, 0.3) is 0 Å². The maximum absolute atomic E-state index is 11.8. The lowest BCUT2D eigenvalue weighted by atomic mass is 10.1. The zero-order chi connectivity index (χ0) is 14.1. The molecule has 0 aliphatic carbocycles. The van der Waals surface area contributed by atoms with Crippen molar-refractivity contribution in [1.82, 2.24) is 5.32 Å². The molecule has 106 valence electrons. The third kappa shape index (κ3) is 4.91. The number of nitrogens with one attached hydrogen (secondary N) is 1. The Morgan fingerprint density at radius 3 is 2.42 bits per heavy atom. The Balaban J connectivity index is 2.69. The number of esters is 1. The quantitative estimate of drug-likeness (QED) is 0.580. The number of carbonyl (C=O) groups excluding carboxylic acids is 1. The van der Waals surface area contributed by atoms with Gasteiger partial charge in [0, 0.05) is 0 Å². The van der Waals surface area contributed by atoms with E-state index in [1.54, 1.807) is 7.11 Å². The highest BCUT2D eigenvalue weighted by Crippen LogP contribution is 2.18. The molecule has 0 radical (unpaired) electrons. The fourth-order valence-electron chi connectivity index (χ4n) is 1.87. The molecule has 1 atom stereocenters. The predicted octanol–water partition coefficient (Wildman–Crippen LogP) is 2.69. The third-order valence-electron chi connectivity index (χ3n) is 3.01. The number of rotatable bonds is 8. The normalized spacial score (nSPS) is 11.9. The van der Waals surface area contributed by atoms with Gasteiger partial charge in [0.05, 0.1) is 14.2 Å². The van der Waals surface area contributed by atoms with Crippen LogP contribution in [0.1, 0.15) is 37.8 Å². The number of ether oxygens (including phenoxy) is 2. The number of unbranched alkanes of at least 4 members (excludes halogenated alkanes) is 2. The van der Waals surface area contributed by atoms with Crippen LogP contribution in [0.3, 0.4) is 0 Å². The Hall–Kier alpha value is -1.55. The molecular formula is C15H23NO3. The van der Waals surface area contributed by atoms with Crippen molar-refractivity contribution in [1.29, 1.82) is 0 Å². The molecule has 1 rings (SSSR count). The number of hydrogen-bond acceptors (Lipinski definition) is 4. The van der Waals surface area contributed by atoms with Crippen LogP contribution in [0.2, 0.25) is 0 Å². The van der Waals surface area contributed by atoms with Crippen molar-refractivity contribution < 1.29 is 14.3 Å². The van der Waals surface area contributed by atoms with Crippen LogP contribution in [0, 0.1) is 0 Å². The van der Waals surface area contributed by atoms with Crippen LogP contribution < -0.4 is 10.1 Å². The zero-order valence-electron chi connectivity index (χ0n) is 11.9. The monoisotopic (exact) mass is 265 g/mol. The summed E-state index contributed by atoms with van der Waals surface area (Å²) >= 11 is 0. The van der Waals surface area contributed by atoms with E-state index in [4.69, 9.17) is 9.47 Å². The Morgan fingerprint density at radius 1 is 1.21 bits per heavy atom. The molecule has 1 unspecified atom stereocenters. The van der Waals surface area contributed by atoms with E-state index in [0.29, 0.717) is 0 Å². The molecule has 0 heterocycles. The van der Waals surface area contributed by atoms with Gasteiger partial charge in [-0.1, -0.05) is 31.9 Å². The molecule has 0 amide bonds. The summed E-state index contributed by atoms with van der Waals surface area (Å²) in [6.45, 7) is 2.96. The van der Waals surface area contributed by atoms with Crippen molar-refractivity contribution in [3.63, 3.8) is 0 Å². The van der Waals surface area contributed by atoms with Crippen LogP contribution in [0.15, 0.2) is 24.3 Å². The summed E-state index contributed by atoms with van der Waals surface area (Å²) < 4.78 is 9.96. The first kappa shape index (κ1) is 15.5. The minimum Gasteiger partial charge on any atom is -0.497 e. The molecule has 1 aromatic carbocycles. The predicted molar refractivity (Wildman–Crippen MR) is 75.3 cm³/mol. The van der Waals surface area contributed by atoms with E-state index in [1.807, 2.05) is 24.3 Å². The summed E-state index contributed by atoms with van der Waals surface area (Å²) in [6, 6.07) is 7.05. The lowest BCUT2D eigenvalue weighted by Gasteiger charge is -2.17. The summed E-state index contributed by atoms with van der Waals surface area (Å²) in [5.41, 5.74) is 0.893. The number of benzene rings is 1. The number of hydrogen-bond donors (Lipinski definition) is 1. The van der Waals surface area contributed by atoms with Gasteiger partial charge in [-0.3, -0.25) is 0 Å². The molecule has 0 aromatic heterocycles. The summed E-state index contributed by atoms with van der Waals surface area (Å²) in [7, 11) is 3.03. The van der Waals surface area contributed by atoms with Gasteiger partial charge in [-0.25, -0.2) is 4.79 Å². The number of methoxy groups -OCH3 is 2. The second kappa shape index (κ2) is 8.53. The van der Waals surface area contributed by atoms with Gasteiger partial charge >= 0.3 is 5.97 Å². The summed E-state index contributed by atoms with van der Waals surface area (Å²) in [6.07, 6.45) is 3.37. The molecule has 0 aliphatic heterocycles. The van der Waals surface area contributed by atoms with Crippen LogP contribution in [-0.2, 0) is 9.53 Å². The number of carbonyl (C=O) groups is 1. The average molecular weight is 265 g/mol. The lowest BCUT2D eigenvalue weighted by Crippen LogP contribution is -2.30. The second-order valence-corrected chi connectivity index (χ2v) is 4.39. The molecule has 4 heteroatoms. The van der Waals surface area contributed by atoms with Gasteiger partial charge in [0.1, 0.15) is 11.8 Å². The highest BCUT2D eigenvalue weighted by molar-refractivity contribution is 5.77. The molecule has 0 spiro atoms. The van der Waals surface area contributed by atoms with Gasteiger partial charge < -0.3 is 14.8 Å². The molecule has 0 aliphatic rings. The van der Waals surface area contributed by atoms with Crippen LogP contribution in [0.5, 0.6) is 5.75 Å². The van der Waals surface area contributed by atoms with Crippen molar-refractivity contribution in [2.75, 3.05) is 20.8 Å². The van der Waals surface area contributed by atoms with Crippen LogP contribution in [-0.4, -0.2) is 26.7 Å². The molecule has 4 nitrogen and oxygen atoms in total. The van der Waals surface area contributed by atoms with E-state index in [1.165, 1.54) is 7.11 Å². The van der Waals surface area contributed by atoms with Crippen molar-refractivity contribution in [2.45, 2.75) is 32.2 Å². The minimum absolute atomic E-state index is 0.262. The smallest absolute Gasteiger partial charge is 0.327 e. The first-order valence-electron chi connectivity index (χ1n) is 6.68. The van der Waals surface area contributed by atoms with E-state index in [0.717, 1.165) is 37.1 Å². The Kier molecular flexibility index (Phi) is 6.97. The first-order chi connectivity index (χ1) is 9.22. The molecule has 19 heavy (non-hydrogen) atoms. The molecule has 1 aromatic rings. The van der Waals surface area contributed by atoms with Crippen LogP contribution in [0.4, 0.5) is 0 Å². The van der Waals surface area contributed by atoms with Crippen molar-refractivity contribution >= 4 is 5.97 Å². The largest absolute Gasteiger partial charge is 0.497 e. The van der Waals surface area contributed by atoms with Gasteiger partial charge in [0.15, 0.2) is 0 Å². The highest BCUT2D eigenvalue weighted by atomic mass is 16.5. The molecule has 0 fully saturated rings. The van der Waals surface area contributed by atoms with Gasteiger partial charge in [-0.2, -0.15) is 0 Å². The second-order valence-electron chi connectivity index (χ2n) is 4.39. The molecule has 1 N–H and O–H groups in total. The fourth-order valence-corrected chi connectivity index (χ4v) is 1.87. The average Bonchev–Trinajstić information content (AvgIpc) is 2.47. The van der Waals surface area contributed by atoms with E-state index in [9.17, 15) is 4.79 Å². The maximum atomic E-state index is 11.8. The van der Waals surface area contributed by atoms with E-state index < -0.39 is 6.04 Å². The standard InChI is InChI=1S/C15H23NO3/c1-4-5-6-11-16-14(15(17)19-3)12-7-9-13(18-2)10-8-12/h7-10,14,16H,4-6,11H2,1-3H3. The Labute approximate surface area is 115 Å². The summed E-state index contributed by atoms with van der Waals surface area (Å²) in [5, 5.41) is 3.24. The Morgan fingerprint density at radius 2 is 1.89 bits per heavy atom. The molecule has 0 saturated carbocycles. The fraction of sp³-hybridized carbons (Fsp3) is 0.533. The highest BCUT2D eigenvalue weighted by Gasteiger charge is 2.20. The van der Waals surface area contributed by atoms with Crippen LogP contribution >= 0.6 is 0 Å². The minimum atomic E-state index is -0.409. The maximum Gasteiger partial charge on any atom is 0.327 e. The van der Waals surface area contributed by atoms with Gasteiger partial charge in [-0.15, -0.1) is 0 Å². The summed E-state index contributed by atoms with van der Waals surface area (Å²) in [4.78, 5) is 11.8. The summed E-state index contributed by atoms with van der Waals surface area (Å²) in [5.74, 6) is 0.514. The SMILES string of the molecule is CCCCCNC(C(=O)OC)c1ccc(OC)cc1. The lowest BCUT2D eigenvalue weighted by molar-refractivity contribution is -0.143. The van der Waals surface area contributed by atoms with E-state index in [2.05, 4.69) is 12.2 Å². The van der Waals surface area contributed by atoms with Crippen molar-refractivity contribution in [2.24, 2.45) is 0 Å². The first-order valence-corrected chi connectivity index (χ1v) is 6.68. The van der Waals surface area contributed by atoms with E-state index in [-0.39, 0.29) is 5.97 Å². The van der Waals surface area contributed by atoms with Gasteiger partial charge in [0.2, 0.25) is 0 Å². The van der Waals surface area contributed by atoms with Crippen molar-refractivity contribution in [3.8, 4) is 5.75 Å². The van der Waals surface area contributed by atoms with Crippen LogP contribution in [0.25, 0.3) is 0 Å². The van der Waals surface area contributed by atoms with E-state index >= 15 is 0 Å². The Bertz CT molecular complexity index is 375. The van der Waals surface area contributed by atoms with Gasteiger partial charge in [-0.05, 0) is 30.7 Å².